The number of phosphoric ester groups is 1. The zero-order valence-electron chi connectivity index (χ0n) is 50.3. The van der Waals surface area contributed by atoms with Gasteiger partial charge in [-0.15, -0.1) is 0 Å². The topological polar surface area (TPSA) is 108 Å². The lowest BCUT2D eigenvalue weighted by Crippen LogP contribution is -2.45. The molecule has 0 aromatic heterocycles. The smallest absolute Gasteiger partial charge is 0.268 e. The van der Waals surface area contributed by atoms with Gasteiger partial charge >= 0.3 is 0 Å². The van der Waals surface area contributed by atoms with Crippen LogP contribution in [0.4, 0.5) is 0 Å². The first-order valence-corrected chi connectivity index (χ1v) is 33.6. The van der Waals surface area contributed by atoms with Crippen LogP contribution >= 0.6 is 7.82 Å². The van der Waals surface area contributed by atoms with Crippen molar-refractivity contribution in [3.05, 3.63) is 60.8 Å². The number of amides is 1. The molecule has 0 saturated heterocycles. The maximum atomic E-state index is 13.0. The Morgan fingerprint density at radius 2 is 0.787 bits per heavy atom. The third-order valence-corrected chi connectivity index (χ3v) is 15.4. The van der Waals surface area contributed by atoms with Crippen LogP contribution in [-0.2, 0) is 18.4 Å². The molecule has 0 rings (SSSR count). The van der Waals surface area contributed by atoms with Gasteiger partial charge in [0.15, 0.2) is 0 Å². The molecule has 2 N–H and O–H groups in total. The van der Waals surface area contributed by atoms with E-state index in [2.05, 4.69) is 67.8 Å². The average molecular weight is 1070 g/mol. The van der Waals surface area contributed by atoms with Crippen molar-refractivity contribution >= 4 is 13.7 Å². The van der Waals surface area contributed by atoms with Gasteiger partial charge in [0.2, 0.25) is 5.91 Å². The number of nitrogens with zero attached hydrogens (tertiary/aromatic N) is 1. The summed E-state index contributed by atoms with van der Waals surface area (Å²) < 4.78 is 23.3. The second-order valence-corrected chi connectivity index (χ2v) is 24.5. The Bertz CT molecular complexity index is 1400. The average Bonchev–Trinajstić information content (AvgIpc) is 3.37. The van der Waals surface area contributed by atoms with E-state index in [9.17, 15) is 19.4 Å². The normalized spacial score (nSPS) is 14.2. The Balaban J connectivity index is 3.90. The van der Waals surface area contributed by atoms with Crippen LogP contribution in [0.3, 0.4) is 0 Å². The van der Waals surface area contributed by atoms with Gasteiger partial charge in [-0.25, -0.2) is 0 Å². The number of rotatable bonds is 59. The number of carbonyl (C=O) groups is 1. The molecule has 0 bridgehead atoms. The summed E-state index contributed by atoms with van der Waals surface area (Å²) in [6.45, 7) is 4.60. The number of nitrogens with one attached hydrogen (secondary N) is 1. The number of aliphatic hydroxyl groups excluding tert-OH is 1. The van der Waals surface area contributed by atoms with Gasteiger partial charge in [0, 0.05) is 6.42 Å². The Kier molecular flexibility index (Phi) is 55.5. The lowest BCUT2D eigenvalue weighted by molar-refractivity contribution is -0.870. The van der Waals surface area contributed by atoms with Gasteiger partial charge in [-0.1, -0.05) is 280 Å². The van der Waals surface area contributed by atoms with E-state index in [-0.39, 0.29) is 12.5 Å². The van der Waals surface area contributed by atoms with E-state index < -0.39 is 26.6 Å². The van der Waals surface area contributed by atoms with Crippen LogP contribution in [0.15, 0.2) is 60.8 Å². The second-order valence-electron chi connectivity index (χ2n) is 23.1. The van der Waals surface area contributed by atoms with E-state index in [0.29, 0.717) is 17.4 Å². The molecule has 3 atom stereocenters. The van der Waals surface area contributed by atoms with Crippen LogP contribution in [0.5, 0.6) is 0 Å². The molecule has 440 valence electrons. The molecule has 0 aromatic carbocycles. The lowest BCUT2D eigenvalue weighted by atomic mass is 10.0. The number of phosphoric acid groups is 1. The fourth-order valence-corrected chi connectivity index (χ4v) is 10.1. The molecule has 75 heavy (non-hydrogen) atoms. The van der Waals surface area contributed by atoms with E-state index in [1.165, 1.54) is 225 Å². The maximum absolute atomic E-state index is 13.0. The number of likely N-dealkylation sites (N-methyl/N-ethyl adjacent to an activating group) is 1. The summed E-state index contributed by atoms with van der Waals surface area (Å²) in [6.07, 6.45) is 77.8. The van der Waals surface area contributed by atoms with Crippen molar-refractivity contribution in [3.63, 3.8) is 0 Å². The summed E-state index contributed by atoms with van der Waals surface area (Å²) in [5.41, 5.74) is 0. The molecule has 9 heteroatoms. The molecule has 0 aliphatic rings. The van der Waals surface area contributed by atoms with Crippen LogP contribution in [-0.4, -0.2) is 68.5 Å². The van der Waals surface area contributed by atoms with Gasteiger partial charge in [-0.05, 0) is 77.0 Å². The fourth-order valence-electron chi connectivity index (χ4n) is 9.39. The minimum atomic E-state index is -4.61. The molecule has 0 aliphatic heterocycles. The highest BCUT2D eigenvalue weighted by Gasteiger charge is 2.23. The van der Waals surface area contributed by atoms with Crippen molar-refractivity contribution in [1.82, 2.24) is 5.32 Å². The Morgan fingerprint density at radius 3 is 1.17 bits per heavy atom. The highest BCUT2D eigenvalue weighted by molar-refractivity contribution is 7.45. The molecule has 0 fully saturated rings. The van der Waals surface area contributed by atoms with Crippen molar-refractivity contribution in [1.29, 1.82) is 0 Å². The van der Waals surface area contributed by atoms with Gasteiger partial charge < -0.3 is 28.8 Å². The number of carbonyl (C=O) groups excluding carboxylic acids is 1. The van der Waals surface area contributed by atoms with Crippen LogP contribution < -0.4 is 10.2 Å². The maximum Gasteiger partial charge on any atom is 0.268 e. The van der Waals surface area contributed by atoms with Crippen molar-refractivity contribution < 1.29 is 32.9 Å². The fraction of sp³-hybridized carbons (Fsp3) is 0.833. The Hall–Kier alpha value is -1.80. The third-order valence-electron chi connectivity index (χ3n) is 14.4. The van der Waals surface area contributed by atoms with E-state index in [0.717, 1.165) is 57.8 Å². The molecule has 1 amide bonds. The molecule has 0 heterocycles. The third kappa shape index (κ3) is 59.7. The highest BCUT2D eigenvalue weighted by Crippen LogP contribution is 2.38. The Morgan fingerprint density at radius 1 is 0.467 bits per heavy atom. The van der Waals surface area contributed by atoms with Crippen molar-refractivity contribution in [2.24, 2.45) is 0 Å². The molecular weight excluding hydrogens is 948 g/mol. The molecule has 0 radical (unpaired) electrons. The molecule has 0 aliphatic carbocycles. The lowest BCUT2D eigenvalue weighted by Gasteiger charge is -2.29. The predicted molar refractivity (Wildman–Crippen MR) is 325 cm³/mol. The standard InChI is InChI=1S/C66H125N2O6P/c1-6-8-10-12-14-16-18-20-22-23-24-25-26-27-28-29-30-31-32-33-34-35-36-37-38-39-40-41-42-43-44-45-46-48-50-52-54-56-58-60-66(70)67-64(63-74-75(71,72)73-62-61-68(3,4)5)65(69)59-57-55-53-51-49-47-21-19-17-15-13-11-9-7-2/h17-20,23-24,49,51,57,59,64-65,69H,6-16,21-22,25-48,50,52-56,58,60-63H2,1-5H3,(H-,67,70,71,72)/b19-17+,20-18-,24-23-,51-49+,59-57+. The van der Waals surface area contributed by atoms with E-state index in [4.69, 9.17) is 9.05 Å². The van der Waals surface area contributed by atoms with Gasteiger partial charge in [0.1, 0.15) is 13.2 Å². The molecule has 8 nitrogen and oxygen atoms in total. The van der Waals surface area contributed by atoms with Crippen molar-refractivity contribution in [2.75, 3.05) is 40.9 Å². The summed E-state index contributed by atoms with van der Waals surface area (Å²) in [6, 6.07) is -0.909. The van der Waals surface area contributed by atoms with Gasteiger partial charge in [-0.3, -0.25) is 9.36 Å². The first-order chi connectivity index (χ1) is 36.5. The monoisotopic (exact) mass is 1070 g/mol. The van der Waals surface area contributed by atoms with E-state index in [1.54, 1.807) is 6.08 Å². The summed E-state index contributed by atoms with van der Waals surface area (Å²) in [7, 11) is 1.24. The Labute approximate surface area is 466 Å². The van der Waals surface area contributed by atoms with Gasteiger partial charge in [0.25, 0.3) is 7.82 Å². The molecular formula is C66H125N2O6P. The highest BCUT2D eigenvalue weighted by atomic mass is 31.2. The van der Waals surface area contributed by atoms with Crippen LogP contribution in [0.2, 0.25) is 0 Å². The first-order valence-electron chi connectivity index (χ1n) is 32.2. The van der Waals surface area contributed by atoms with Gasteiger partial charge in [0.05, 0.1) is 39.9 Å². The summed E-state index contributed by atoms with van der Waals surface area (Å²) in [5, 5.41) is 13.8. The van der Waals surface area contributed by atoms with Crippen LogP contribution in [0, 0.1) is 0 Å². The quantitative estimate of drug-likeness (QED) is 0.0272. The molecule has 3 unspecified atom stereocenters. The largest absolute Gasteiger partial charge is 0.756 e. The summed E-state index contributed by atoms with van der Waals surface area (Å²) in [5.74, 6) is -0.208. The summed E-state index contributed by atoms with van der Waals surface area (Å²) in [4.78, 5) is 25.5. The second kappa shape index (κ2) is 56.9. The molecule has 0 saturated carbocycles. The number of allylic oxidation sites excluding steroid dienone is 9. The minimum Gasteiger partial charge on any atom is -0.756 e. The number of hydrogen-bond donors (Lipinski definition) is 2. The number of hydrogen-bond acceptors (Lipinski definition) is 6. The van der Waals surface area contributed by atoms with E-state index in [1.807, 2.05) is 27.2 Å². The summed E-state index contributed by atoms with van der Waals surface area (Å²) >= 11 is 0. The predicted octanol–water partition coefficient (Wildman–Crippen LogP) is 19.4. The first kappa shape index (κ1) is 73.2. The zero-order chi connectivity index (χ0) is 54.9. The number of aliphatic hydroxyl groups is 1. The van der Waals surface area contributed by atoms with Crippen molar-refractivity contribution in [2.45, 2.75) is 315 Å². The van der Waals surface area contributed by atoms with Crippen molar-refractivity contribution in [3.8, 4) is 0 Å². The van der Waals surface area contributed by atoms with Crippen LogP contribution in [0.25, 0.3) is 0 Å². The van der Waals surface area contributed by atoms with Gasteiger partial charge in [-0.2, -0.15) is 0 Å². The minimum absolute atomic E-state index is 0.00879. The van der Waals surface area contributed by atoms with Crippen LogP contribution in [0.1, 0.15) is 303 Å². The van der Waals surface area contributed by atoms with E-state index >= 15 is 0 Å². The SMILES string of the molecule is CCCCCC/C=C/CC/C=C/CC/C=C/C(O)C(COP(=O)([O-])OCC[N+](C)(C)C)NC(=O)CCCCCCCCCCCCCCCCCCCCCCCCCCCCC/C=C\C/C=C\CCCCCCC. The molecule has 0 spiro atoms. The number of quaternary nitrogens is 1. The zero-order valence-corrected chi connectivity index (χ0v) is 51.1. The molecule has 0 aromatic rings. The number of unbranched alkanes of at least 4 members (excludes halogenated alkanes) is 38.